The topological polar surface area (TPSA) is 44.4 Å². The van der Waals surface area contributed by atoms with E-state index in [-0.39, 0.29) is 5.91 Å². The van der Waals surface area contributed by atoms with Crippen molar-refractivity contribution in [2.45, 2.75) is 45.2 Å². The lowest BCUT2D eigenvalue weighted by Gasteiger charge is -2.20. The largest absolute Gasteiger partial charge is 0.352 e. The van der Waals surface area contributed by atoms with Gasteiger partial charge in [-0.25, -0.2) is 0 Å². The highest BCUT2D eigenvalue weighted by molar-refractivity contribution is 5.78. The van der Waals surface area contributed by atoms with E-state index in [2.05, 4.69) is 36.4 Å². The normalized spacial score (nSPS) is 15.8. The molecule has 1 aliphatic rings. The molecule has 0 spiro atoms. The maximum atomic E-state index is 11.3. The molecule has 16 heavy (non-hydrogen) atoms. The molecule has 94 valence electrons. The van der Waals surface area contributed by atoms with E-state index in [0.717, 1.165) is 32.4 Å². The van der Waals surface area contributed by atoms with Crippen molar-refractivity contribution in [1.29, 1.82) is 0 Å². The molecule has 4 heteroatoms. The third-order valence-electron chi connectivity index (χ3n) is 2.97. The van der Waals surface area contributed by atoms with Crippen LogP contribution in [0.2, 0.25) is 0 Å². The van der Waals surface area contributed by atoms with Gasteiger partial charge in [0.1, 0.15) is 0 Å². The number of carbonyl (C=O) groups excluding carboxylic acids is 1. The Morgan fingerprint density at radius 1 is 1.44 bits per heavy atom. The molecule has 1 rings (SSSR count). The average molecular weight is 227 g/mol. The lowest BCUT2D eigenvalue weighted by Crippen LogP contribution is -2.36. The minimum atomic E-state index is 0.139. The molecular weight excluding hydrogens is 202 g/mol. The highest BCUT2D eigenvalue weighted by Gasteiger charge is 2.22. The van der Waals surface area contributed by atoms with Gasteiger partial charge in [-0.05, 0) is 53.2 Å². The van der Waals surface area contributed by atoms with Crippen LogP contribution in [0.1, 0.15) is 33.1 Å². The Balaban J connectivity index is 1.88. The Labute approximate surface area is 98.8 Å². The van der Waals surface area contributed by atoms with E-state index in [1.54, 1.807) is 0 Å². The Kier molecular flexibility index (Phi) is 5.77. The number of amides is 1. The molecule has 0 aromatic carbocycles. The van der Waals surface area contributed by atoms with Gasteiger partial charge in [-0.15, -0.1) is 0 Å². The van der Waals surface area contributed by atoms with Crippen LogP contribution < -0.4 is 10.6 Å². The van der Waals surface area contributed by atoms with Crippen LogP contribution in [0.25, 0.3) is 0 Å². The lowest BCUT2D eigenvalue weighted by molar-refractivity contribution is -0.120. The first-order chi connectivity index (χ1) is 7.59. The minimum Gasteiger partial charge on any atom is -0.352 e. The van der Waals surface area contributed by atoms with Gasteiger partial charge < -0.3 is 15.5 Å². The second kappa shape index (κ2) is 6.86. The fourth-order valence-electron chi connectivity index (χ4n) is 1.42. The molecular formula is C12H25N3O. The van der Waals surface area contributed by atoms with E-state index in [0.29, 0.717) is 18.6 Å². The van der Waals surface area contributed by atoms with Crippen LogP contribution >= 0.6 is 0 Å². The molecule has 2 N–H and O–H groups in total. The third-order valence-corrected chi connectivity index (χ3v) is 2.97. The van der Waals surface area contributed by atoms with Crippen LogP contribution in [0.4, 0.5) is 0 Å². The summed E-state index contributed by atoms with van der Waals surface area (Å²) in [5.74, 6) is 0.139. The maximum Gasteiger partial charge on any atom is 0.234 e. The van der Waals surface area contributed by atoms with Crippen molar-refractivity contribution < 1.29 is 4.79 Å². The highest BCUT2D eigenvalue weighted by atomic mass is 16.2. The fraction of sp³-hybridized carbons (Fsp3) is 0.917. The van der Waals surface area contributed by atoms with E-state index in [9.17, 15) is 4.79 Å². The number of hydrogen-bond acceptors (Lipinski definition) is 3. The Morgan fingerprint density at radius 3 is 2.69 bits per heavy atom. The van der Waals surface area contributed by atoms with Gasteiger partial charge in [0.25, 0.3) is 0 Å². The van der Waals surface area contributed by atoms with Gasteiger partial charge in [-0.1, -0.05) is 0 Å². The van der Waals surface area contributed by atoms with E-state index in [1.807, 2.05) is 0 Å². The van der Waals surface area contributed by atoms with E-state index in [4.69, 9.17) is 0 Å². The molecule has 0 saturated heterocycles. The van der Waals surface area contributed by atoms with Crippen LogP contribution in [0.5, 0.6) is 0 Å². The summed E-state index contributed by atoms with van der Waals surface area (Å²) in [6, 6.07) is 1.07. The summed E-state index contributed by atoms with van der Waals surface area (Å²) in [5, 5.41) is 6.13. The number of nitrogens with zero attached hydrogens (tertiary/aromatic N) is 1. The van der Waals surface area contributed by atoms with Crippen molar-refractivity contribution in [2.24, 2.45) is 0 Å². The standard InChI is InChI=1S/C12H25N3O/c1-10(2)15(3)8-4-7-13-9-12(16)14-11-5-6-11/h10-11,13H,4-9H2,1-3H3,(H,14,16). The number of nitrogens with one attached hydrogen (secondary N) is 2. The molecule has 0 aromatic rings. The monoisotopic (exact) mass is 227 g/mol. The van der Waals surface area contributed by atoms with Crippen molar-refractivity contribution in [2.75, 3.05) is 26.7 Å². The van der Waals surface area contributed by atoms with E-state index < -0.39 is 0 Å². The van der Waals surface area contributed by atoms with Crippen molar-refractivity contribution in [3.63, 3.8) is 0 Å². The van der Waals surface area contributed by atoms with Crippen molar-refractivity contribution in [3.8, 4) is 0 Å². The minimum absolute atomic E-state index is 0.139. The molecule has 0 aliphatic heterocycles. The molecule has 0 unspecified atom stereocenters. The summed E-state index contributed by atoms with van der Waals surface area (Å²) >= 11 is 0. The first-order valence-electron chi connectivity index (χ1n) is 6.30. The first kappa shape index (κ1) is 13.5. The number of rotatable bonds is 8. The second-order valence-electron chi connectivity index (χ2n) is 4.95. The summed E-state index contributed by atoms with van der Waals surface area (Å²) in [6.07, 6.45) is 3.40. The molecule has 1 aliphatic carbocycles. The Morgan fingerprint density at radius 2 is 2.12 bits per heavy atom. The van der Waals surface area contributed by atoms with Crippen LogP contribution in [-0.4, -0.2) is 49.6 Å². The maximum absolute atomic E-state index is 11.3. The third kappa shape index (κ3) is 6.08. The SMILES string of the molecule is CC(C)N(C)CCCNCC(=O)NC1CC1. The smallest absolute Gasteiger partial charge is 0.234 e. The molecule has 0 bridgehead atoms. The second-order valence-corrected chi connectivity index (χ2v) is 4.95. The quantitative estimate of drug-likeness (QED) is 0.596. The van der Waals surface area contributed by atoms with E-state index >= 15 is 0 Å². The predicted molar refractivity (Wildman–Crippen MR) is 66.4 cm³/mol. The highest BCUT2D eigenvalue weighted by Crippen LogP contribution is 2.18. The Hall–Kier alpha value is -0.610. The van der Waals surface area contributed by atoms with Gasteiger partial charge in [0.15, 0.2) is 0 Å². The summed E-state index contributed by atoms with van der Waals surface area (Å²) in [5.41, 5.74) is 0. The van der Waals surface area contributed by atoms with Gasteiger partial charge in [-0.2, -0.15) is 0 Å². The lowest BCUT2D eigenvalue weighted by atomic mass is 10.3. The van der Waals surface area contributed by atoms with Crippen molar-refractivity contribution in [3.05, 3.63) is 0 Å². The molecule has 1 amide bonds. The van der Waals surface area contributed by atoms with Crippen LogP contribution in [0.15, 0.2) is 0 Å². The molecule has 1 fully saturated rings. The average Bonchev–Trinajstić information content (AvgIpc) is 3.00. The summed E-state index contributed by atoms with van der Waals surface area (Å²) < 4.78 is 0. The molecule has 4 nitrogen and oxygen atoms in total. The summed E-state index contributed by atoms with van der Waals surface area (Å²) in [7, 11) is 2.13. The summed E-state index contributed by atoms with van der Waals surface area (Å²) in [4.78, 5) is 13.6. The van der Waals surface area contributed by atoms with Gasteiger partial charge in [0.2, 0.25) is 5.91 Å². The predicted octanol–water partition coefficient (Wildman–Crippen LogP) is 0.585. The zero-order chi connectivity index (χ0) is 12.0. The van der Waals surface area contributed by atoms with Crippen molar-refractivity contribution in [1.82, 2.24) is 15.5 Å². The molecule has 0 heterocycles. The van der Waals surface area contributed by atoms with Crippen LogP contribution in [0, 0.1) is 0 Å². The van der Waals surface area contributed by atoms with Gasteiger partial charge in [0.05, 0.1) is 6.54 Å². The molecule has 0 radical (unpaired) electrons. The fourth-order valence-corrected chi connectivity index (χ4v) is 1.42. The number of hydrogen-bond donors (Lipinski definition) is 2. The van der Waals surface area contributed by atoms with Crippen LogP contribution in [-0.2, 0) is 4.79 Å². The van der Waals surface area contributed by atoms with Gasteiger partial charge in [-0.3, -0.25) is 4.79 Å². The van der Waals surface area contributed by atoms with Gasteiger partial charge in [0, 0.05) is 12.1 Å². The Bertz CT molecular complexity index is 214. The number of carbonyl (C=O) groups is 1. The molecule has 0 atom stereocenters. The zero-order valence-corrected chi connectivity index (χ0v) is 10.8. The zero-order valence-electron chi connectivity index (χ0n) is 10.8. The molecule has 0 aromatic heterocycles. The van der Waals surface area contributed by atoms with E-state index in [1.165, 1.54) is 0 Å². The van der Waals surface area contributed by atoms with Crippen molar-refractivity contribution >= 4 is 5.91 Å². The van der Waals surface area contributed by atoms with Crippen LogP contribution in [0.3, 0.4) is 0 Å². The van der Waals surface area contributed by atoms with Gasteiger partial charge >= 0.3 is 0 Å². The first-order valence-corrected chi connectivity index (χ1v) is 6.30. The molecule has 1 saturated carbocycles. The summed E-state index contributed by atoms with van der Waals surface area (Å²) in [6.45, 7) is 6.83.